The van der Waals surface area contributed by atoms with Crippen LogP contribution in [0, 0.1) is 23.7 Å². The number of esters is 2. The lowest BCUT2D eigenvalue weighted by atomic mass is 9.57. The zero-order chi connectivity index (χ0) is 22.9. The molecule has 8 heteroatoms. The first-order valence-corrected chi connectivity index (χ1v) is 10.4. The maximum absolute atomic E-state index is 12.7. The molecule has 1 saturated carbocycles. The molecule has 4 rings (SSSR count). The van der Waals surface area contributed by atoms with Gasteiger partial charge in [-0.2, -0.15) is 0 Å². The molecule has 8 atom stereocenters. The van der Waals surface area contributed by atoms with E-state index in [9.17, 15) is 19.8 Å². The molecule has 170 valence electrons. The number of hydrogen-bond donors (Lipinski definition) is 2. The number of rotatable bonds is 4. The lowest BCUT2D eigenvalue weighted by molar-refractivity contribution is -0.300. The highest BCUT2D eigenvalue weighted by Gasteiger charge is 2.73. The van der Waals surface area contributed by atoms with Crippen molar-refractivity contribution in [1.82, 2.24) is 0 Å². The molecule has 2 aliphatic carbocycles. The van der Waals surface area contributed by atoms with Gasteiger partial charge in [0.05, 0.1) is 31.5 Å². The van der Waals surface area contributed by atoms with Crippen LogP contribution < -0.4 is 0 Å². The number of ether oxygens (including phenoxy) is 4. The molecule has 0 unspecified atom stereocenters. The van der Waals surface area contributed by atoms with Gasteiger partial charge < -0.3 is 29.2 Å². The molecule has 0 aromatic carbocycles. The lowest BCUT2D eigenvalue weighted by Gasteiger charge is -2.56. The van der Waals surface area contributed by atoms with Crippen LogP contribution in [-0.2, 0) is 28.5 Å². The van der Waals surface area contributed by atoms with Crippen molar-refractivity contribution in [2.45, 2.75) is 49.8 Å². The third kappa shape index (κ3) is 2.81. The van der Waals surface area contributed by atoms with Gasteiger partial charge in [-0.3, -0.25) is 0 Å². The number of fused-ring (bicyclic) bond motifs is 2. The standard InChI is InChI=1S/C23H30O8/c1-11(2)13-8-23(30-6)15(20(26)29-5)9-22(31-23)14(13)7-12(19(25)28-4)17-16(24)10-21(3,27)18(17)22/h7,9,13-14,16-18,24,27H,1,8,10H2,2-6H3/t13-,14-,16+,17+,18-,21-,22-,23-/m0/s1. The Morgan fingerprint density at radius 2 is 1.84 bits per heavy atom. The van der Waals surface area contributed by atoms with Crippen molar-refractivity contribution < 1.29 is 38.7 Å². The number of carbonyl (C=O) groups is 2. The molecule has 2 fully saturated rings. The first-order valence-electron chi connectivity index (χ1n) is 10.4. The summed E-state index contributed by atoms with van der Waals surface area (Å²) in [4.78, 5) is 25.4. The number of aliphatic hydroxyl groups excluding tert-OH is 1. The van der Waals surface area contributed by atoms with Crippen LogP contribution in [-0.4, -0.2) is 66.6 Å². The summed E-state index contributed by atoms with van der Waals surface area (Å²) in [5, 5.41) is 22.3. The van der Waals surface area contributed by atoms with E-state index in [1.54, 1.807) is 19.1 Å². The van der Waals surface area contributed by atoms with E-state index in [1.807, 2.05) is 6.92 Å². The van der Waals surface area contributed by atoms with Gasteiger partial charge >= 0.3 is 11.9 Å². The molecule has 0 aromatic rings. The minimum absolute atomic E-state index is 0.0492. The molecular weight excluding hydrogens is 404 g/mol. The third-order valence-electron chi connectivity index (χ3n) is 7.62. The molecule has 2 bridgehead atoms. The topological polar surface area (TPSA) is 112 Å². The number of aliphatic hydroxyl groups is 2. The zero-order valence-corrected chi connectivity index (χ0v) is 18.5. The van der Waals surface area contributed by atoms with Gasteiger partial charge in [0.1, 0.15) is 5.60 Å². The molecule has 4 aliphatic rings. The SMILES string of the molecule is C=C(C)[C@@H]1C[C@]2(OC)O[C@]3(C=C2C(=O)OC)[C@H]2[C@H](C(C(=O)OC)=C[C@@H]13)[C@H](O)C[C@]2(C)O. The van der Waals surface area contributed by atoms with Gasteiger partial charge in [-0.15, -0.1) is 0 Å². The molecular formula is C23H30O8. The summed E-state index contributed by atoms with van der Waals surface area (Å²) in [6.07, 6.45) is 2.81. The van der Waals surface area contributed by atoms with Crippen LogP contribution >= 0.6 is 0 Å². The number of hydrogen-bond acceptors (Lipinski definition) is 8. The summed E-state index contributed by atoms with van der Waals surface area (Å²) in [5.41, 5.74) is -1.22. The van der Waals surface area contributed by atoms with Crippen LogP contribution in [0.2, 0.25) is 0 Å². The highest BCUT2D eigenvalue weighted by molar-refractivity contribution is 5.92. The smallest absolute Gasteiger partial charge is 0.339 e. The number of allylic oxidation sites excluding steroid dienone is 1. The number of methoxy groups -OCH3 is 3. The lowest BCUT2D eigenvalue weighted by Crippen LogP contribution is -2.63. The summed E-state index contributed by atoms with van der Waals surface area (Å²) >= 11 is 0. The summed E-state index contributed by atoms with van der Waals surface area (Å²) in [5.74, 6) is -4.62. The van der Waals surface area contributed by atoms with Crippen molar-refractivity contribution in [1.29, 1.82) is 0 Å². The van der Waals surface area contributed by atoms with E-state index < -0.39 is 52.8 Å². The Morgan fingerprint density at radius 3 is 2.39 bits per heavy atom. The molecule has 0 radical (unpaired) electrons. The minimum atomic E-state index is -1.38. The van der Waals surface area contributed by atoms with E-state index in [4.69, 9.17) is 18.9 Å². The largest absolute Gasteiger partial charge is 0.466 e. The fourth-order valence-corrected chi connectivity index (χ4v) is 6.47. The van der Waals surface area contributed by atoms with E-state index in [2.05, 4.69) is 6.58 Å². The molecule has 8 nitrogen and oxygen atoms in total. The van der Waals surface area contributed by atoms with Crippen molar-refractivity contribution in [2.75, 3.05) is 21.3 Å². The minimum Gasteiger partial charge on any atom is -0.466 e. The fraction of sp³-hybridized carbons (Fsp3) is 0.652. The maximum atomic E-state index is 12.7. The van der Waals surface area contributed by atoms with Crippen molar-refractivity contribution in [3.8, 4) is 0 Å². The van der Waals surface area contributed by atoms with Gasteiger partial charge in [0.2, 0.25) is 5.79 Å². The Balaban J connectivity index is 2.02. The van der Waals surface area contributed by atoms with Crippen LogP contribution in [0.5, 0.6) is 0 Å². The molecule has 1 saturated heterocycles. The molecule has 2 N–H and O–H groups in total. The van der Waals surface area contributed by atoms with E-state index in [0.29, 0.717) is 12.0 Å². The van der Waals surface area contributed by atoms with E-state index in [1.165, 1.54) is 21.3 Å². The predicted molar refractivity (Wildman–Crippen MR) is 108 cm³/mol. The Labute approximate surface area is 181 Å². The van der Waals surface area contributed by atoms with Crippen molar-refractivity contribution >= 4 is 11.9 Å². The summed E-state index contributed by atoms with van der Waals surface area (Å²) < 4.78 is 22.4. The highest BCUT2D eigenvalue weighted by Crippen LogP contribution is 2.66. The molecule has 2 aliphatic heterocycles. The molecule has 1 spiro atoms. The van der Waals surface area contributed by atoms with Gasteiger partial charge in [0.15, 0.2) is 0 Å². The average Bonchev–Trinajstić information content (AvgIpc) is 3.14. The monoisotopic (exact) mass is 434 g/mol. The fourth-order valence-electron chi connectivity index (χ4n) is 6.47. The van der Waals surface area contributed by atoms with Gasteiger partial charge in [0, 0.05) is 43.3 Å². The van der Waals surface area contributed by atoms with Crippen LogP contribution in [0.1, 0.15) is 26.7 Å². The third-order valence-corrected chi connectivity index (χ3v) is 7.62. The quantitative estimate of drug-likeness (QED) is 0.503. The normalized spacial score (nSPS) is 45.2. The van der Waals surface area contributed by atoms with E-state index in [-0.39, 0.29) is 17.9 Å². The van der Waals surface area contributed by atoms with Gasteiger partial charge in [-0.25, -0.2) is 9.59 Å². The molecule has 0 aromatic heterocycles. The van der Waals surface area contributed by atoms with Crippen LogP contribution in [0.4, 0.5) is 0 Å². The summed E-state index contributed by atoms with van der Waals surface area (Å²) in [6.45, 7) is 7.64. The van der Waals surface area contributed by atoms with Crippen LogP contribution in [0.15, 0.2) is 35.5 Å². The second kappa shape index (κ2) is 7.00. The molecule has 31 heavy (non-hydrogen) atoms. The summed E-state index contributed by atoms with van der Waals surface area (Å²) in [7, 11) is 4.04. The second-order valence-corrected chi connectivity index (χ2v) is 9.39. The summed E-state index contributed by atoms with van der Waals surface area (Å²) in [6, 6.07) is 0. The first kappa shape index (κ1) is 22.2. The van der Waals surface area contributed by atoms with Crippen molar-refractivity contribution in [3.63, 3.8) is 0 Å². The van der Waals surface area contributed by atoms with Crippen molar-refractivity contribution in [3.05, 3.63) is 35.5 Å². The first-order chi connectivity index (χ1) is 14.5. The Kier molecular flexibility index (Phi) is 5.01. The van der Waals surface area contributed by atoms with Gasteiger partial charge in [-0.05, 0) is 25.8 Å². The Bertz CT molecular complexity index is 901. The van der Waals surface area contributed by atoms with Crippen molar-refractivity contribution in [2.24, 2.45) is 23.7 Å². The van der Waals surface area contributed by atoms with E-state index in [0.717, 1.165) is 5.57 Å². The Hall–Kier alpha value is -2.00. The predicted octanol–water partition coefficient (Wildman–Crippen LogP) is 1.27. The van der Waals surface area contributed by atoms with Gasteiger partial charge in [0.25, 0.3) is 0 Å². The Morgan fingerprint density at radius 1 is 1.19 bits per heavy atom. The second-order valence-electron chi connectivity index (χ2n) is 9.39. The molecule has 0 amide bonds. The van der Waals surface area contributed by atoms with Crippen LogP contribution in [0.3, 0.4) is 0 Å². The number of carbonyl (C=O) groups excluding carboxylic acids is 2. The van der Waals surface area contributed by atoms with Crippen LogP contribution in [0.25, 0.3) is 0 Å². The van der Waals surface area contributed by atoms with E-state index >= 15 is 0 Å². The van der Waals surface area contributed by atoms with Gasteiger partial charge in [-0.1, -0.05) is 18.2 Å². The zero-order valence-electron chi connectivity index (χ0n) is 18.5. The maximum Gasteiger partial charge on any atom is 0.339 e. The average molecular weight is 434 g/mol. The molecule has 2 heterocycles. The highest BCUT2D eigenvalue weighted by atomic mass is 16.7.